The van der Waals surface area contributed by atoms with E-state index >= 15 is 4.39 Å². The summed E-state index contributed by atoms with van der Waals surface area (Å²) in [6.07, 6.45) is 1.37. The lowest BCUT2D eigenvalue weighted by molar-refractivity contribution is -0.0248. The van der Waals surface area contributed by atoms with Gasteiger partial charge in [-0.2, -0.15) is 8.78 Å². The molecule has 8 nitrogen and oxygen atoms in total. The van der Waals surface area contributed by atoms with Crippen molar-refractivity contribution in [3.63, 3.8) is 0 Å². The predicted octanol–water partition coefficient (Wildman–Crippen LogP) is 3.54. The number of halogens is 6. The summed E-state index contributed by atoms with van der Waals surface area (Å²) < 4.78 is 105. The Labute approximate surface area is 197 Å². The van der Waals surface area contributed by atoms with Crippen LogP contribution in [-0.4, -0.2) is 35.0 Å². The quantitative estimate of drug-likeness (QED) is 0.404. The van der Waals surface area contributed by atoms with Gasteiger partial charge in [-0.05, 0) is 12.1 Å². The molecule has 35 heavy (non-hydrogen) atoms. The van der Waals surface area contributed by atoms with E-state index in [0.717, 1.165) is 24.3 Å². The Morgan fingerprint density at radius 3 is 2.46 bits per heavy atom. The number of rotatable bonds is 4. The van der Waals surface area contributed by atoms with Crippen molar-refractivity contribution in [1.82, 2.24) is 19.0 Å². The largest absolute Gasteiger partial charge is 0.354 e. The number of nitrogens with one attached hydrogen (secondary N) is 1. The van der Waals surface area contributed by atoms with Crippen molar-refractivity contribution < 1.29 is 34.9 Å². The molecule has 2 aromatic carbocycles. The maximum absolute atomic E-state index is 15.1. The summed E-state index contributed by atoms with van der Waals surface area (Å²) in [6, 6.07) is 1.82. The number of hydrogen-bond acceptors (Lipinski definition) is 5. The van der Waals surface area contributed by atoms with Crippen LogP contribution in [0.2, 0.25) is 5.02 Å². The molecule has 1 aliphatic rings. The number of hydrogen-bond donors (Lipinski definition) is 1. The number of benzene rings is 2. The van der Waals surface area contributed by atoms with Gasteiger partial charge < -0.3 is 4.52 Å². The van der Waals surface area contributed by atoms with Gasteiger partial charge in [-0.3, -0.25) is 4.57 Å². The first kappa shape index (κ1) is 23.5. The van der Waals surface area contributed by atoms with Crippen LogP contribution < -0.4 is 10.4 Å². The molecule has 4 aromatic rings. The number of sulfonamides is 1. The molecule has 0 aliphatic carbocycles. The van der Waals surface area contributed by atoms with Crippen molar-refractivity contribution in [2.75, 3.05) is 6.26 Å². The molecule has 1 aliphatic heterocycles. The smallest absolute Gasteiger partial charge is 0.334 e. The van der Waals surface area contributed by atoms with E-state index in [9.17, 15) is 30.8 Å². The minimum absolute atomic E-state index is 0.273. The lowest BCUT2D eigenvalue weighted by Crippen LogP contribution is -2.44. The minimum atomic E-state index is -4.03. The number of alkyl halides is 2. The fraction of sp³-hybridized carbons (Fsp3) is 0.200. The molecule has 0 saturated carbocycles. The van der Waals surface area contributed by atoms with Crippen molar-refractivity contribution in [3.05, 3.63) is 69.1 Å². The van der Waals surface area contributed by atoms with E-state index in [0.29, 0.717) is 21.6 Å². The lowest BCUT2D eigenvalue weighted by Gasteiger charge is -2.18. The van der Waals surface area contributed by atoms with Crippen molar-refractivity contribution in [2.45, 2.75) is 18.5 Å². The fourth-order valence-corrected chi connectivity index (χ4v) is 5.02. The molecule has 184 valence electrons. The first-order valence-corrected chi connectivity index (χ1v) is 12.0. The summed E-state index contributed by atoms with van der Waals surface area (Å²) >= 11 is 5.87. The number of fused-ring (bicyclic) bond motifs is 2. The molecule has 15 heteroatoms. The average Bonchev–Trinajstić information content (AvgIpc) is 3.37. The van der Waals surface area contributed by atoms with Gasteiger partial charge in [0.2, 0.25) is 10.0 Å². The standard InChI is InChI=1S/C20H12ClF5N4O4S/c1-35(32,33)28-12-6-29-13(20(12,25)26)7-30(19(29)31)18-15-11(34-27-18)5-8(21)17(24)16(15)14-9(22)3-2-4-10(14)23/h2-5,7,12,28H,6H2,1H3/t12-/m1/s1. The van der Waals surface area contributed by atoms with E-state index in [4.69, 9.17) is 16.1 Å². The normalized spacial score (nSPS) is 17.3. The van der Waals surface area contributed by atoms with E-state index in [1.54, 1.807) is 4.72 Å². The molecule has 0 radical (unpaired) electrons. The molecule has 0 unspecified atom stereocenters. The Morgan fingerprint density at radius 2 is 1.86 bits per heavy atom. The van der Waals surface area contributed by atoms with Crippen LogP contribution in [0, 0.1) is 17.5 Å². The molecular formula is C20H12ClF5N4O4S. The van der Waals surface area contributed by atoms with Gasteiger partial charge >= 0.3 is 11.6 Å². The summed E-state index contributed by atoms with van der Waals surface area (Å²) in [7, 11) is -4.03. The SMILES string of the molecule is CS(=O)(=O)N[C@@H]1Cn2c(cn(-c3noc4cc(Cl)c(F)c(-c5c(F)cccc5F)c34)c2=O)C1(F)F. The van der Waals surface area contributed by atoms with Crippen LogP contribution in [0.4, 0.5) is 22.0 Å². The Bertz CT molecular complexity index is 1680. The summed E-state index contributed by atoms with van der Waals surface area (Å²) in [6.45, 7) is -0.716. The van der Waals surface area contributed by atoms with Crippen LogP contribution in [0.5, 0.6) is 0 Å². The van der Waals surface area contributed by atoms with Crippen molar-refractivity contribution in [2.24, 2.45) is 0 Å². The zero-order valence-corrected chi connectivity index (χ0v) is 18.9. The molecule has 0 bridgehead atoms. The first-order chi connectivity index (χ1) is 16.3. The highest BCUT2D eigenvalue weighted by Crippen LogP contribution is 2.42. The highest BCUT2D eigenvalue weighted by atomic mass is 35.5. The molecular weight excluding hydrogens is 523 g/mol. The van der Waals surface area contributed by atoms with Crippen LogP contribution >= 0.6 is 11.6 Å². The molecule has 0 fully saturated rings. The van der Waals surface area contributed by atoms with Gasteiger partial charge in [0.1, 0.15) is 23.4 Å². The highest BCUT2D eigenvalue weighted by Gasteiger charge is 2.52. The summed E-state index contributed by atoms with van der Waals surface area (Å²) in [4.78, 5) is 13.0. The predicted molar refractivity (Wildman–Crippen MR) is 114 cm³/mol. The van der Waals surface area contributed by atoms with Crippen molar-refractivity contribution >= 4 is 32.6 Å². The van der Waals surface area contributed by atoms with Gasteiger partial charge in [0.25, 0.3) is 0 Å². The minimum Gasteiger partial charge on any atom is -0.354 e. The molecule has 1 atom stereocenters. The van der Waals surface area contributed by atoms with E-state index in [-0.39, 0.29) is 5.58 Å². The van der Waals surface area contributed by atoms with Gasteiger partial charge in [0, 0.05) is 17.8 Å². The maximum Gasteiger partial charge on any atom is 0.334 e. The van der Waals surface area contributed by atoms with E-state index in [2.05, 4.69) is 5.16 Å². The third kappa shape index (κ3) is 3.54. The molecule has 0 amide bonds. The van der Waals surface area contributed by atoms with E-state index in [1.165, 1.54) is 0 Å². The average molecular weight is 535 g/mol. The molecule has 2 aromatic heterocycles. The molecule has 1 N–H and O–H groups in total. The van der Waals surface area contributed by atoms with E-state index < -0.39 is 84.7 Å². The lowest BCUT2D eigenvalue weighted by atomic mass is 9.99. The van der Waals surface area contributed by atoms with Crippen molar-refractivity contribution in [3.8, 4) is 16.9 Å². The Morgan fingerprint density at radius 1 is 1.20 bits per heavy atom. The zero-order valence-electron chi connectivity index (χ0n) is 17.3. The third-order valence-electron chi connectivity index (χ3n) is 5.56. The second-order valence-corrected chi connectivity index (χ2v) is 10.1. The summed E-state index contributed by atoms with van der Waals surface area (Å²) in [5.41, 5.74) is -3.77. The molecule has 5 rings (SSSR count). The van der Waals surface area contributed by atoms with Crippen LogP contribution in [0.25, 0.3) is 27.9 Å². The van der Waals surface area contributed by atoms with Crippen LogP contribution in [0.3, 0.4) is 0 Å². The van der Waals surface area contributed by atoms with Gasteiger partial charge in [0.05, 0.1) is 28.8 Å². The van der Waals surface area contributed by atoms with Crippen LogP contribution in [-0.2, 0) is 22.5 Å². The number of nitrogens with zero attached hydrogens (tertiary/aromatic N) is 3. The number of aromatic nitrogens is 3. The molecule has 0 saturated heterocycles. The second kappa shape index (κ2) is 7.63. The summed E-state index contributed by atoms with van der Waals surface area (Å²) in [5.74, 6) is -7.90. The fourth-order valence-electron chi connectivity index (χ4n) is 4.09. The van der Waals surface area contributed by atoms with E-state index in [1.807, 2.05) is 0 Å². The Hall–Kier alpha value is -3.23. The number of imidazole rings is 1. The van der Waals surface area contributed by atoms with Crippen LogP contribution in [0.15, 0.2) is 39.8 Å². The first-order valence-electron chi connectivity index (χ1n) is 9.71. The monoisotopic (exact) mass is 534 g/mol. The van der Waals surface area contributed by atoms with Gasteiger partial charge in [-0.15, -0.1) is 0 Å². The summed E-state index contributed by atoms with van der Waals surface area (Å²) in [5, 5.41) is 2.68. The van der Waals surface area contributed by atoms with Gasteiger partial charge in [-0.25, -0.2) is 35.7 Å². The zero-order chi connectivity index (χ0) is 25.4. The van der Waals surface area contributed by atoms with Crippen LogP contribution in [0.1, 0.15) is 5.69 Å². The third-order valence-corrected chi connectivity index (χ3v) is 6.55. The topological polar surface area (TPSA) is 99.1 Å². The molecule has 3 heterocycles. The van der Waals surface area contributed by atoms with Gasteiger partial charge in [0.15, 0.2) is 17.2 Å². The molecule has 0 spiro atoms. The van der Waals surface area contributed by atoms with Crippen molar-refractivity contribution in [1.29, 1.82) is 0 Å². The Kier molecular flexibility index (Phi) is 5.13. The Balaban J connectivity index is 1.76. The highest BCUT2D eigenvalue weighted by molar-refractivity contribution is 7.88. The maximum atomic E-state index is 15.1. The second-order valence-electron chi connectivity index (χ2n) is 7.87. The van der Waals surface area contributed by atoms with Gasteiger partial charge in [-0.1, -0.05) is 22.8 Å².